The Morgan fingerprint density at radius 3 is 2.69 bits per heavy atom. The summed E-state index contributed by atoms with van der Waals surface area (Å²) in [5.74, 6) is 0.731. The fraction of sp³-hybridized carbons (Fsp3) is 1.00. The van der Waals surface area contributed by atoms with E-state index in [-0.39, 0.29) is 0 Å². The van der Waals surface area contributed by atoms with Crippen molar-refractivity contribution in [2.45, 2.75) is 39.5 Å². The van der Waals surface area contributed by atoms with E-state index in [9.17, 15) is 0 Å². The van der Waals surface area contributed by atoms with E-state index in [0.29, 0.717) is 0 Å². The summed E-state index contributed by atoms with van der Waals surface area (Å²) in [7, 11) is 1.99. The predicted octanol–water partition coefficient (Wildman–Crippen LogP) is 2.44. The molecule has 0 saturated heterocycles. The van der Waals surface area contributed by atoms with Crippen molar-refractivity contribution in [1.82, 2.24) is 5.32 Å². The highest BCUT2D eigenvalue weighted by atomic mass is 16.5. The van der Waals surface area contributed by atoms with Gasteiger partial charge in [-0.25, -0.2) is 0 Å². The average molecular weight is 187 g/mol. The maximum Gasteiger partial charge on any atom is 0.0491 e. The second kappa shape index (κ2) is 10.0. The second-order valence-electron chi connectivity index (χ2n) is 3.78. The quantitative estimate of drug-likeness (QED) is 0.560. The molecule has 1 unspecified atom stereocenters. The molecule has 0 aromatic carbocycles. The highest BCUT2D eigenvalue weighted by Crippen LogP contribution is 2.05. The molecule has 0 aromatic heterocycles. The molecule has 0 saturated carbocycles. The Morgan fingerprint density at radius 2 is 2.08 bits per heavy atom. The smallest absolute Gasteiger partial charge is 0.0491 e. The number of rotatable bonds is 9. The molecule has 13 heavy (non-hydrogen) atoms. The fourth-order valence-corrected chi connectivity index (χ4v) is 1.37. The topological polar surface area (TPSA) is 21.3 Å². The lowest BCUT2D eigenvalue weighted by Gasteiger charge is -2.10. The molecule has 0 aliphatic rings. The van der Waals surface area contributed by atoms with E-state index in [1.54, 1.807) is 0 Å². The van der Waals surface area contributed by atoms with Crippen LogP contribution in [0.2, 0.25) is 0 Å². The zero-order valence-electron chi connectivity index (χ0n) is 9.44. The Labute approximate surface area is 83.1 Å². The fourth-order valence-electron chi connectivity index (χ4n) is 1.37. The van der Waals surface area contributed by atoms with Gasteiger partial charge < -0.3 is 10.1 Å². The molecule has 2 nitrogen and oxygen atoms in total. The number of unbranched alkanes of at least 4 members (excludes halogenated alkanes) is 1. The zero-order valence-corrected chi connectivity index (χ0v) is 9.44. The zero-order chi connectivity index (χ0) is 9.94. The highest BCUT2D eigenvalue weighted by Gasteiger charge is 1.99. The summed E-state index contributed by atoms with van der Waals surface area (Å²) in [6.07, 6.45) is 4.96. The first-order chi connectivity index (χ1) is 6.31. The normalized spacial score (nSPS) is 13.2. The molecular formula is C11H25NO. The van der Waals surface area contributed by atoms with Crippen LogP contribution in [0.5, 0.6) is 0 Å². The Kier molecular flexibility index (Phi) is 9.94. The minimum absolute atomic E-state index is 0.731. The number of hydrogen-bond donors (Lipinski definition) is 1. The molecule has 0 aliphatic heterocycles. The molecular weight excluding hydrogens is 162 g/mol. The van der Waals surface area contributed by atoms with E-state index in [1.165, 1.54) is 25.7 Å². The molecule has 0 heterocycles. The van der Waals surface area contributed by atoms with Crippen LogP contribution in [0.15, 0.2) is 0 Å². The van der Waals surface area contributed by atoms with E-state index in [1.807, 2.05) is 7.05 Å². The maximum absolute atomic E-state index is 5.57. The lowest BCUT2D eigenvalue weighted by Crippen LogP contribution is -2.10. The van der Waals surface area contributed by atoms with Crippen LogP contribution in [0.1, 0.15) is 39.5 Å². The third kappa shape index (κ3) is 9.84. The van der Waals surface area contributed by atoms with Crippen molar-refractivity contribution in [3.8, 4) is 0 Å². The predicted molar refractivity (Wildman–Crippen MR) is 58.1 cm³/mol. The Morgan fingerprint density at radius 1 is 1.31 bits per heavy atom. The molecule has 1 N–H and O–H groups in total. The first-order valence-electron chi connectivity index (χ1n) is 5.53. The summed E-state index contributed by atoms with van der Waals surface area (Å²) in [5.41, 5.74) is 0. The van der Waals surface area contributed by atoms with Crippen molar-refractivity contribution < 1.29 is 4.74 Å². The van der Waals surface area contributed by atoms with Crippen LogP contribution < -0.4 is 5.32 Å². The van der Waals surface area contributed by atoms with Crippen molar-refractivity contribution in [2.75, 3.05) is 26.8 Å². The van der Waals surface area contributed by atoms with Gasteiger partial charge in [0, 0.05) is 13.2 Å². The molecule has 80 valence electrons. The van der Waals surface area contributed by atoms with Crippen molar-refractivity contribution in [1.29, 1.82) is 0 Å². The third-order valence-corrected chi connectivity index (χ3v) is 2.15. The second-order valence-corrected chi connectivity index (χ2v) is 3.78. The van der Waals surface area contributed by atoms with Gasteiger partial charge in [0.2, 0.25) is 0 Å². The van der Waals surface area contributed by atoms with Crippen LogP contribution in [-0.2, 0) is 4.74 Å². The number of nitrogens with one attached hydrogen (secondary N) is 1. The molecule has 0 bridgehead atoms. The van der Waals surface area contributed by atoms with Gasteiger partial charge in [0.25, 0.3) is 0 Å². The van der Waals surface area contributed by atoms with Crippen molar-refractivity contribution in [3.05, 3.63) is 0 Å². The summed E-state index contributed by atoms with van der Waals surface area (Å²) in [6, 6.07) is 0. The number of ether oxygens (including phenoxy) is 1. The van der Waals surface area contributed by atoms with Crippen LogP contribution in [0.4, 0.5) is 0 Å². The van der Waals surface area contributed by atoms with Gasteiger partial charge in [-0.1, -0.05) is 20.3 Å². The van der Waals surface area contributed by atoms with Crippen LogP contribution in [-0.4, -0.2) is 26.8 Å². The van der Waals surface area contributed by atoms with E-state index >= 15 is 0 Å². The van der Waals surface area contributed by atoms with Crippen molar-refractivity contribution in [3.63, 3.8) is 0 Å². The molecule has 0 aromatic rings. The molecule has 2 heteroatoms. The van der Waals surface area contributed by atoms with Crippen LogP contribution in [0, 0.1) is 5.92 Å². The Bertz CT molecular complexity index is 96.1. The van der Waals surface area contributed by atoms with Gasteiger partial charge in [0.05, 0.1) is 0 Å². The first kappa shape index (κ1) is 12.9. The largest absolute Gasteiger partial charge is 0.381 e. The Hall–Kier alpha value is -0.0800. The molecule has 0 rings (SSSR count). The van der Waals surface area contributed by atoms with E-state index in [0.717, 1.165) is 25.7 Å². The van der Waals surface area contributed by atoms with E-state index < -0.39 is 0 Å². The minimum Gasteiger partial charge on any atom is -0.381 e. The molecule has 0 amide bonds. The lowest BCUT2D eigenvalue weighted by atomic mass is 10.1. The van der Waals surface area contributed by atoms with Crippen LogP contribution >= 0.6 is 0 Å². The third-order valence-electron chi connectivity index (χ3n) is 2.15. The van der Waals surface area contributed by atoms with Gasteiger partial charge in [-0.2, -0.15) is 0 Å². The molecule has 0 aliphatic carbocycles. The van der Waals surface area contributed by atoms with Gasteiger partial charge in [-0.15, -0.1) is 0 Å². The van der Waals surface area contributed by atoms with Crippen LogP contribution in [0.25, 0.3) is 0 Å². The summed E-state index contributed by atoms with van der Waals surface area (Å²) in [6.45, 7) is 7.46. The standard InChI is InChI=1S/C11H25NO/c1-4-7-11(2)10-13-9-6-5-8-12-3/h11-12H,4-10H2,1-3H3. The molecule has 0 fully saturated rings. The Balaban J connectivity index is 2.97. The number of hydrogen-bond acceptors (Lipinski definition) is 2. The SMILES string of the molecule is CCCC(C)COCCCCNC. The molecule has 0 radical (unpaired) electrons. The van der Waals surface area contributed by atoms with E-state index in [4.69, 9.17) is 4.74 Å². The first-order valence-corrected chi connectivity index (χ1v) is 5.53. The summed E-state index contributed by atoms with van der Waals surface area (Å²) in [5, 5.41) is 3.13. The highest BCUT2D eigenvalue weighted by molar-refractivity contribution is 4.49. The van der Waals surface area contributed by atoms with Gasteiger partial charge in [0.15, 0.2) is 0 Å². The van der Waals surface area contributed by atoms with Crippen molar-refractivity contribution >= 4 is 0 Å². The molecule has 1 atom stereocenters. The van der Waals surface area contributed by atoms with E-state index in [2.05, 4.69) is 19.2 Å². The summed E-state index contributed by atoms with van der Waals surface area (Å²) < 4.78 is 5.57. The minimum atomic E-state index is 0.731. The monoisotopic (exact) mass is 187 g/mol. The van der Waals surface area contributed by atoms with Crippen molar-refractivity contribution in [2.24, 2.45) is 5.92 Å². The average Bonchev–Trinajstić information content (AvgIpc) is 2.11. The summed E-state index contributed by atoms with van der Waals surface area (Å²) >= 11 is 0. The van der Waals surface area contributed by atoms with Crippen LogP contribution in [0.3, 0.4) is 0 Å². The van der Waals surface area contributed by atoms with Gasteiger partial charge >= 0.3 is 0 Å². The summed E-state index contributed by atoms with van der Waals surface area (Å²) in [4.78, 5) is 0. The van der Waals surface area contributed by atoms with Gasteiger partial charge in [0.1, 0.15) is 0 Å². The molecule has 0 spiro atoms. The van der Waals surface area contributed by atoms with Gasteiger partial charge in [-0.05, 0) is 38.8 Å². The maximum atomic E-state index is 5.57. The lowest BCUT2D eigenvalue weighted by molar-refractivity contribution is 0.0988. The van der Waals surface area contributed by atoms with Gasteiger partial charge in [-0.3, -0.25) is 0 Å².